The van der Waals surface area contributed by atoms with Crippen LogP contribution in [-0.4, -0.2) is 42.4 Å². The third-order valence-electron chi connectivity index (χ3n) is 28.1. The second-order valence-electron chi connectivity index (χ2n) is 35.7. The standard InChI is InChI=1S/C48H30N2.C41H27N3.C40H26N4/c1-2-12-31(13-3-1)32-22-24-33(25-23-32)50-44-20-10-8-18-40(44)41-28-29-46-47(48(41)50)42-19-9-11-21-45(42)49(46)34-26-27-39-37-16-5-4-14-35(37)36-15-6-7-17-38(36)43(39)30-34;1-3-11-28(12-4-1)30-19-22-32(23-20-30)43-36-17-9-7-15-33(36)34-24-25-38-40(41(34)43)35-16-8-10-18-37(35)44(38)39-26-21-31(27-42-39)29-13-5-2-6-14-29;1-3-11-27(12-4-1)29-19-21-31(22-20-29)43-35-17-9-7-15-32(35)33-23-24-37-38(39(33)43)34-16-8-10-18-36(34)44(37)40-41-25-30(26-42-40)28-13-5-2-6-14-28/h1-30H;1-27H;1-26H. The van der Waals surface area contributed by atoms with Crippen molar-refractivity contribution in [1.82, 2.24) is 42.4 Å². The molecule has 8 aromatic heterocycles. The van der Waals surface area contributed by atoms with Gasteiger partial charge < -0.3 is 18.3 Å². The first-order valence-corrected chi connectivity index (χ1v) is 47.1. The van der Waals surface area contributed by atoms with Gasteiger partial charge in [-0.25, -0.2) is 15.0 Å². The van der Waals surface area contributed by atoms with E-state index in [2.05, 4.69) is 488 Å². The molecule has 0 saturated heterocycles. The first-order valence-electron chi connectivity index (χ1n) is 47.1. The second kappa shape index (κ2) is 32.7. The van der Waals surface area contributed by atoms with E-state index in [0.717, 1.165) is 61.6 Å². The molecule has 0 aliphatic carbocycles. The van der Waals surface area contributed by atoms with Crippen molar-refractivity contribution in [2.75, 3.05) is 0 Å². The van der Waals surface area contributed by atoms with E-state index in [1.54, 1.807) is 0 Å². The third kappa shape index (κ3) is 12.9. The zero-order chi connectivity index (χ0) is 90.8. The predicted molar refractivity (Wildman–Crippen MR) is 578 cm³/mol. The molecule has 29 rings (SSSR count). The molecule has 29 aromatic rings. The number of aromatic nitrogens is 9. The Kier molecular flexibility index (Phi) is 18.8. The van der Waals surface area contributed by atoms with Crippen molar-refractivity contribution in [2.24, 2.45) is 0 Å². The van der Waals surface area contributed by atoms with Gasteiger partial charge >= 0.3 is 0 Å². The topological polar surface area (TPSA) is 68.2 Å². The molecule has 0 N–H and O–H groups in total. The highest BCUT2D eigenvalue weighted by Crippen LogP contribution is 2.48. The Bertz CT molecular complexity index is 9440. The van der Waals surface area contributed by atoms with Gasteiger partial charge in [-0.3, -0.25) is 9.13 Å². The molecule has 0 aliphatic heterocycles. The maximum absolute atomic E-state index is 5.00. The molecule has 0 aliphatic rings. The minimum Gasteiger partial charge on any atom is -0.309 e. The normalized spacial score (nSPS) is 11.8. The van der Waals surface area contributed by atoms with Crippen LogP contribution in [0.2, 0.25) is 0 Å². The summed E-state index contributed by atoms with van der Waals surface area (Å²) in [7, 11) is 0. The molecule has 644 valence electrons. The number of hydrogen-bond donors (Lipinski definition) is 0. The molecule has 0 saturated carbocycles. The van der Waals surface area contributed by atoms with Gasteiger partial charge in [0, 0.05) is 117 Å². The summed E-state index contributed by atoms with van der Waals surface area (Å²) in [6, 6.07) is 174. The van der Waals surface area contributed by atoms with Gasteiger partial charge in [0.1, 0.15) is 5.82 Å². The molecule has 8 heterocycles. The van der Waals surface area contributed by atoms with Crippen LogP contribution in [0.25, 0.3) is 253 Å². The monoisotopic (exact) mass is 1760 g/mol. The van der Waals surface area contributed by atoms with Crippen LogP contribution < -0.4 is 0 Å². The highest BCUT2D eigenvalue weighted by Gasteiger charge is 2.27. The number of nitrogens with zero attached hydrogens (tertiary/aromatic N) is 9. The largest absolute Gasteiger partial charge is 0.309 e. The van der Waals surface area contributed by atoms with Crippen molar-refractivity contribution in [2.45, 2.75) is 0 Å². The first-order chi connectivity index (χ1) is 68.5. The van der Waals surface area contributed by atoms with E-state index in [1.165, 1.54) is 186 Å². The minimum atomic E-state index is 0.658. The molecule has 138 heavy (non-hydrogen) atoms. The van der Waals surface area contributed by atoms with Gasteiger partial charge in [0.15, 0.2) is 0 Å². The fourth-order valence-electron chi connectivity index (χ4n) is 21.9. The highest BCUT2D eigenvalue weighted by atomic mass is 15.2. The van der Waals surface area contributed by atoms with Gasteiger partial charge in [-0.1, -0.05) is 370 Å². The minimum absolute atomic E-state index is 0.658. The van der Waals surface area contributed by atoms with Crippen molar-refractivity contribution >= 4 is 163 Å². The van der Waals surface area contributed by atoms with Crippen molar-refractivity contribution < 1.29 is 0 Å². The Hall–Kier alpha value is -18.6. The molecule has 0 radical (unpaired) electrons. The first kappa shape index (κ1) is 79.2. The average Bonchev–Trinajstić information content (AvgIpc) is 1.55. The molecule has 21 aromatic carbocycles. The van der Waals surface area contributed by atoms with Crippen LogP contribution in [0.15, 0.2) is 504 Å². The Morgan fingerprint density at radius 2 is 0.377 bits per heavy atom. The maximum Gasteiger partial charge on any atom is 0.234 e. The third-order valence-corrected chi connectivity index (χ3v) is 28.1. The molecule has 0 fully saturated rings. The lowest BCUT2D eigenvalue weighted by molar-refractivity contribution is 0.990. The predicted octanol–water partition coefficient (Wildman–Crippen LogP) is 33.6. The van der Waals surface area contributed by atoms with Gasteiger partial charge in [-0.15, -0.1) is 0 Å². The van der Waals surface area contributed by atoms with E-state index in [4.69, 9.17) is 15.0 Å². The van der Waals surface area contributed by atoms with Crippen LogP contribution >= 0.6 is 0 Å². The molecule has 0 atom stereocenters. The van der Waals surface area contributed by atoms with Crippen LogP contribution in [-0.2, 0) is 0 Å². The Morgan fingerprint density at radius 1 is 0.130 bits per heavy atom. The zero-order valence-electron chi connectivity index (χ0n) is 74.9. The van der Waals surface area contributed by atoms with E-state index in [9.17, 15) is 0 Å². The van der Waals surface area contributed by atoms with Gasteiger partial charge in [-0.2, -0.15) is 0 Å². The van der Waals surface area contributed by atoms with Crippen LogP contribution in [0.5, 0.6) is 0 Å². The van der Waals surface area contributed by atoms with Crippen molar-refractivity contribution in [3.8, 4) is 90.2 Å². The number of hydrogen-bond acceptors (Lipinski definition) is 3. The number of rotatable bonds is 11. The summed E-state index contributed by atoms with van der Waals surface area (Å²) in [5, 5.41) is 22.5. The van der Waals surface area contributed by atoms with Gasteiger partial charge in [0.2, 0.25) is 5.95 Å². The number of para-hydroxylation sites is 6. The summed E-state index contributed by atoms with van der Waals surface area (Å²) in [4.78, 5) is 14.8. The van der Waals surface area contributed by atoms with Crippen LogP contribution in [0, 0.1) is 0 Å². The molecular formula is C129H83N9. The zero-order valence-corrected chi connectivity index (χ0v) is 74.9. The molecule has 0 amide bonds. The quantitative estimate of drug-likeness (QED) is 0.121. The molecule has 0 spiro atoms. The fraction of sp³-hybridized carbons (Fsp3) is 0. The molecular weight excluding hydrogens is 1680 g/mol. The van der Waals surface area contributed by atoms with E-state index >= 15 is 0 Å². The lowest BCUT2D eigenvalue weighted by Crippen LogP contribution is -2.00. The number of pyridine rings is 1. The maximum atomic E-state index is 5.00. The van der Waals surface area contributed by atoms with Crippen LogP contribution in [0.4, 0.5) is 0 Å². The van der Waals surface area contributed by atoms with Gasteiger partial charge in [0.25, 0.3) is 0 Å². The van der Waals surface area contributed by atoms with Crippen LogP contribution in [0.1, 0.15) is 0 Å². The Labute approximate surface area is 794 Å². The Morgan fingerprint density at radius 3 is 0.739 bits per heavy atom. The highest BCUT2D eigenvalue weighted by molar-refractivity contribution is 6.31. The van der Waals surface area contributed by atoms with Crippen molar-refractivity contribution in [3.05, 3.63) is 504 Å². The summed E-state index contributed by atoms with van der Waals surface area (Å²) in [5.41, 5.74) is 30.3. The second-order valence-corrected chi connectivity index (χ2v) is 35.7. The smallest absolute Gasteiger partial charge is 0.234 e. The van der Waals surface area contributed by atoms with Crippen molar-refractivity contribution in [1.29, 1.82) is 0 Å². The molecule has 9 heteroatoms. The summed E-state index contributed by atoms with van der Waals surface area (Å²) in [5.74, 6) is 1.57. The van der Waals surface area contributed by atoms with E-state index in [-0.39, 0.29) is 0 Å². The fourth-order valence-corrected chi connectivity index (χ4v) is 21.9. The summed E-state index contributed by atoms with van der Waals surface area (Å²) in [6.07, 6.45) is 5.82. The lowest BCUT2D eigenvalue weighted by atomic mass is 9.94. The summed E-state index contributed by atoms with van der Waals surface area (Å²) in [6.45, 7) is 0. The molecule has 0 unspecified atom stereocenters. The molecule has 0 bridgehead atoms. The van der Waals surface area contributed by atoms with E-state index < -0.39 is 0 Å². The SMILES string of the molecule is c1ccc(-c2ccc(-n3c4ccccc4c4ccc5c(c6ccccc6n5-c5ccc(-c6ccccc6)cn5)c43)cc2)cc1.c1ccc(-c2ccc(-n3c4ccccc4c4ccc5c(c6ccccc6n5-c5ccc6c7ccccc7c7ccccc7c6c5)c43)cc2)cc1.c1ccc(-c2ccc(-n3c4ccccc4c4ccc5c(c6ccccc6n5-c5ncc(-c6ccccc6)cn5)c43)cc2)cc1. The molecule has 9 nitrogen and oxygen atoms in total. The van der Waals surface area contributed by atoms with Crippen LogP contribution in [0.3, 0.4) is 0 Å². The lowest BCUT2D eigenvalue weighted by Gasteiger charge is -2.14. The summed E-state index contributed by atoms with van der Waals surface area (Å²) >= 11 is 0. The number of fused-ring (bicyclic) bond motifs is 27. The average molecular weight is 1760 g/mol. The summed E-state index contributed by atoms with van der Waals surface area (Å²) < 4.78 is 14.3. The van der Waals surface area contributed by atoms with E-state index in [1.807, 2.05) is 42.9 Å². The van der Waals surface area contributed by atoms with Gasteiger partial charge in [-0.05, 0) is 192 Å². The van der Waals surface area contributed by atoms with Crippen molar-refractivity contribution in [3.63, 3.8) is 0 Å². The Balaban J connectivity index is 0.000000105. The number of benzene rings is 21. The van der Waals surface area contributed by atoms with E-state index in [0.29, 0.717) is 5.95 Å². The van der Waals surface area contributed by atoms with Gasteiger partial charge in [0.05, 0.1) is 66.2 Å².